The minimum absolute atomic E-state index is 0.196. The zero-order valence-corrected chi connectivity index (χ0v) is 10.7. The molecule has 0 aliphatic heterocycles. The fourth-order valence-electron chi connectivity index (χ4n) is 2.28. The first-order chi connectivity index (χ1) is 8.40. The third-order valence-electron chi connectivity index (χ3n) is 3.63. The average molecular weight is 233 g/mol. The first-order valence-electron chi connectivity index (χ1n) is 6.71. The molecule has 0 heterocycles. The lowest BCUT2D eigenvalue weighted by atomic mass is 9.83. The molecule has 94 valence electrons. The van der Waals surface area contributed by atoms with E-state index in [1.165, 1.54) is 31.2 Å². The normalized spacial score (nSPS) is 17.7. The van der Waals surface area contributed by atoms with E-state index in [0.29, 0.717) is 0 Å². The smallest absolute Gasteiger partial charge is 0.0949 e. The van der Waals surface area contributed by atoms with E-state index in [4.69, 9.17) is 4.74 Å². The molecule has 17 heavy (non-hydrogen) atoms. The first-order valence-corrected chi connectivity index (χ1v) is 6.71. The zero-order valence-electron chi connectivity index (χ0n) is 10.7. The van der Waals surface area contributed by atoms with Crippen LogP contribution in [0.3, 0.4) is 0 Å². The van der Waals surface area contributed by atoms with Gasteiger partial charge in [0.1, 0.15) is 0 Å². The van der Waals surface area contributed by atoms with Gasteiger partial charge in [0.05, 0.1) is 6.10 Å². The van der Waals surface area contributed by atoms with E-state index >= 15 is 0 Å². The second kappa shape index (κ2) is 6.77. The summed E-state index contributed by atoms with van der Waals surface area (Å²) in [6.07, 6.45) is 5.66. The highest BCUT2D eigenvalue weighted by atomic mass is 16.5. The molecule has 0 spiro atoms. The van der Waals surface area contributed by atoms with Crippen LogP contribution in [0.5, 0.6) is 0 Å². The quantitative estimate of drug-likeness (QED) is 0.781. The van der Waals surface area contributed by atoms with Crippen molar-refractivity contribution in [2.24, 2.45) is 5.92 Å². The van der Waals surface area contributed by atoms with Gasteiger partial charge in [-0.15, -0.1) is 0 Å². The largest absolute Gasteiger partial charge is 0.372 e. The summed E-state index contributed by atoms with van der Waals surface area (Å²) in [6, 6.07) is 10.5. The molecule has 1 aromatic rings. The van der Waals surface area contributed by atoms with Gasteiger partial charge in [-0.1, -0.05) is 49.6 Å². The van der Waals surface area contributed by atoms with Gasteiger partial charge in [0.25, 0.3) is 0 Å². The highest BCUT2D eigenvalue weighted by Gasteiger charge is 2.18. The lowest BCUT2D eigenvalue weighted by molar-refractivity contribution is 0.0383. The first kappa shape index (κ1) is 12.6. The van der Waals surface area contributed by atoms with Crippen LogP contribution in [0.4, 0.5) is 0 Å². The predicted octanol–water partition coefficient (Wildman–Crippen LogP) is 3.15. The molecule has 0 bridgehead atoms. The molecule has 2 nitrogen and oxygen atoms in total. The molecule has 0 aromatic heterocycles. The Hall–Kier alpha value is -0.860. The van der Waals surface area contributed by atoms with Crippen LogP contribution >= 0.6 is 0 Å². The van der Waals surface area contributed by atoms with E-state index in [-0.39, 0.29) is 6.10 Å². The van der Waals surface area contributed by atoms with E-state index in [9.17, 15) is 0 Å². The van der Waals surface area contributed by atoms with Crippen LogP contribution in [-0.2, 0) is 4.74 Å². The lowest BCUT2D eigenvalue weighted by Crippen LogP contribution is -2.21. The number of ether oxygens (including phenoxy) is 1. The van der Waals surface area contributed by atoms with Crippen molar-refractivity contribution in [2.45, 2.75) is 31.8 Å². The van der Waals surface area contributed by atoms with E-state index < -0.39 is 0 Å². The summed E-state index contributed by atoms with van der Waals surface area (Å²) < 4.78 is 6.01. The van der Waals surface area contributed by atoms with Crippen molar-refractivity contribution in [3.63, 3.8) is 0 Å². The number of hydrogen-bond donors (Lipinski definition) is 1. The van der Waals surface area contributed by atoms with Crippen LogP contribution in [0.2, 0.25) is 0 Å². The maximum atomic E-state index is 6.01. The molecule has 2 rings (SSSR count). The molecule has 0 radical (unpaired) electrons. The van der Waals surface area contributed by atoms with Crippen molar-refractivity contribution in [1.29, 1.82) is 0 Å². The minimum Gasteiger partial charge on any atom is -0.372 e. The maximum Gasteiger partial charge on any atom is 0.0949 e. The lowest BCUT2D eigenvalue weighted by Gasteiger charge is -2.26. The van der Waals surface area contributed by atoms with Crippen LogP contribution in [0.1, 0.15) is 37.4 Å². The van der Waals surface area contributed by atoms with Crippen LogP contribution in [0.15, 0.2) is 30.3 Å². The molecular formula is C15H23NO. The van der Waals surface area contributed by atoms with Gasteiger partial charge in [-0.2, -0.15) is 0 Å². The monoisotopic (exact) mass is 233 g/mol. The maximum absolute atomic E-state index is 6.01. The van der Waals surface area contributed by atoms with Crippen molar-refractivity contribution in [3.8, 4) is 0 Å². The van der Waals surface area contributed by atoms with Gasteiger partial charge in [-0.25, -0.2) is 0 Å². The minimum atomic E-state index is 0.196. The molecule has 1 fully saturated rings. The molecule has 1 saturated carbocycles. The average Bonchev–Trinajstić information content (AvgIpc) is 2.32. The Morgan fingerprint density at radius 3 is 2.65 bits per heavy atom. The molecule has 1 N–H and O–H groups in total. The molecule has 1 atom stereocenters. The molecule has 1 aliphatic carbocycles. The van der Waals surface area contributed by atoms with Crippen LogP contribution in [0, 0.1) is 5.92 Å². The van der Waals surface area contributed by atoms with Crippen molar-refractivity contribution in [1.82, 2.24) is 5.32 Å². The van der Waals surface area contributed by atoms with Gasteiger partial charge in [-0.3, -0.25) is 0 Å². The van der Waals surface area contributed by atoms with E-state index in [2.05, 4.69) is 29.6 Å². The summed E-state index contributed by atoms with van der Waals surface area (Å²) in [7, 11) is 1.98. The second-order valence-electron chi connectivity index (χ2n) is 4.91. The SMILES string of the molecule is CNCC(OCCC1CCC1)c1ccccc1. The Morgan fingerprint density at radius 1 is 1.29 bits per heavy atom. The number of benzene rings is 1. The topological polar surface area (TPSA) is 21.3 Å². The number of likely N-dealkylation sites (N-methyl/N-ethyl adjacent to an activating group) is 1. The van der Waals surface area contributed by atoms with Crippen molar-refractivity contribution < 1.29 is 4.74 Å². The molecule has 0 saturated heterocycles. The van der Waals surface area contributed by atoms with Gasteiger partial charge in [0.2, 0.25) is 0 Å². The summed E-state index contributed by atoms with van der Waals surface area (Å²) in [5.41, 5.74) is 1.27. The van der Waals surface area contributed by atoms with E-state index in [1.807, 2.05) is 13.1 Å². The summed E-state index contributed by atoms with van der Waals surface area (Å²) in [6.45, 7) is 1.78. The Kier molecular flexibility index (Phi) is 5.02. The standard InChI is InChI=1S/C15H23NO/c1-16-12-15(14-8-3-2-4-9-14)17-11-10-13-6-5-7-13/h2-4,8-9,13,15-16H,5-7,10-12H2,1H3. The van der Waals surface area contributed by atoms with E-state index in [0.717, 1.165) is 19.1 Å². The highest BCUT2D eigenvalue weighted by Crippen LogP contribution is 2.29. The van der Waals surface area contributed by atoms with Gasteiger partial charge in [-0.05, 0) is 24.9 Å². The molecule has 2 heteroatoms. The Balaban J connectivity index is 1.79. The van der Waals surface area contributed by atoms with Crippen molar-refractivity contribution >= 4 is 0 Å². The van der Waals surface area contributed by atoms with Crippen LogP contribution in [-0.4, -0.2) is 20.2 Å². The highest BCUT2D eigenvalue weighted by molar-refractivity contribution is 5.17. The Morgan fingerprint density at radius 2 is 2.06 bits per heavy atom. The summed E-state index contributed by atoms with van der Waals surface area (Å²) >= 11 is 0. The third kappa shape index (κ3) is 3.83. The molecule has 1 unspecified atom stereocenters. The van der Waals surface area contributed by atoms with Crippen molar-refractivity contribution in [3.05, 3.63) is 35.9 Å². The molecule has 0 amide bonds. The van der Waals surface area contributed by atoms with Crippen LogP contribution < -0.4 is 5.32 Å². The molecular weight excluding hydrogens is 210 g/mol. The summed E-state index contributed by atoms with van der Waals surface area (Å²) in [5, 5.41) is 3.21. The zero-order chi connectivity index (χ0) is 11.9. The van der Waals surface area contributed by atoms with Gasteiger partial charge in [0, 0.05) is 13.2 Å². The fraction of sp³-hybridized carbons (Fsp3) is 0.600. The van der Waals surface area contributed by atoms with E-state index in [1.54, 1.807) is 0 Å². The number of nitrogens with one attached hydrogen (secondary N) is 1. The Labute approximate surface area is 104 Å². The Bertz CT molecular complexity index is 308. The summed E-state index contributed by atoms with van der Waals surface area (Å²) in [4.78, 5) is 0. The molecule has 1 aliphatic rings. The number of hydrogen-bond acceptors (Lipinski definition) is 2. The molecule has 1 aromatic carbocycles. The van der Waals surface area contributed by atoms with Gasteiger partial charge >= 0.3 is 0 Å². The summed E-state index contributed by atoms with van der Waals surface area (Å²) in [5.74, 6) is 0.931. The second-order valence-corrected chi connectivity index (χ2v) is 4.91. The predicted molar refractivity (Wildman–Crippen MR) is 71.0 cm³/mol. The fourth-order valence-corrected chi connectivity index (χ4v) is 2.28. The van der Waals surface area contributed by atoms with Crippen molar-refractivity contribution in [2.75, 3.05) is 20.2 Å². The van der Waals surface area contributed by atoms with Crippen LogP contribution in [0.25, 0.3) is 0 Å². The van der Waals surface area contributed by atoms with Gasteiger partial charge < -0.3 is 10.1 Å². The van der Waals surface area contributed by atoms with Gasteiger partial charge in [0.15, 0.2) is 0 Å². The number of rotatable bonds is 7. The third-order valence-corrected chi connectivity index (χ3v) is 3.63.